The summed E-state index contributed by atoms with van der Waals surface area (Å²) in [5, 5.41) is 16.5. The predicted molar refractivity (Wildman–Crippen MR) is 83.7 cm³/mol. The monoisotopic (exact) mass is 315 g/mol. The summed E-state index contributed by atoms with van der Waals surface area (Å²) in [5.41, 5.74) is 0.460. The van der Waals surface area contributed by atoms with Crippen molar-refractivity contribution in [2.45, 2.75) is 36.8 Å². The van der Waals surface area contributed by atoms with Crippen LogP contribution in [0, 0.1) is 11.3 Å². The van der Waals surface area contributed by atoms with Gasteiger partial charge in [0.2, 0.25) is 0 Å². The van der Waals surface area contributed by atoms with Crippen molar-refractivity contribution in [1.82, 2.24) is 0 Å². The van der Waals surface area contributed by atoms with Crippen LogP contribution in [-0.2, 0) is 9.84 Å². The molecule has 6 heteroatoms. The third kappa shape index (κ3) is 7.53. The largest absolute Gasteiger partial charge is 0.396 e. The van der Waals surface area contributed by atoms with Gasteiger partial charge in [0, 0.05) is 6.61 Å². The molecule has 0 aliphatic rings. The minimum Gasteiger partial charge on any atom is -0.396 e. The summed E-state index contributed by atoms with van der Waals surface area (Å²) in [4.78, 5) is 0.264. The van der Waals surface area contributed by atoms with Gasteiger partial charge in [0.05, 0.1) is 22.3 Å². The highest BCUT2D eigenvalue weighted by molar-refractivity contribution is 7.91. The van der Waals surface area contributed by atoms with Gasteiger partial charge in [-0.1, -0.05) is 13.8 Å². The number of nitriles is 1. The van der Waals surface area contributed by atoms with E-state index < -0.39 is 9.84 Å². The summed E-state index contributed by atoms with van der Waals surface area (Å²) >= 11 is 4.15. The van der Waals surface area contributed by atoms with E-state index in [1.54, 1.807) is 0 Å². The van der Waals surface area contributed by atoms with E-state index in [0.717, 1.165) is 6.42 Å². The van der Waals surface area contributed by atoms with E-state index in [2.05, 4.69) is 12.6 Å². The molecule has 1 rings (SSSR count). The first-order chi connectivity index (χ1) is 9.37. The van der Waals surface area contributed by atoms with Gasteiger partial charge in [-0.05, 0) is 42.4 Å². The smallest absolute Gasteiger partial charge is 0.178 e. The second-order valence-electron chi connectivity index (χ2n) is 4.32. The van der Waals surface area contributed by atoms with Crippen LogP contribution in [0.4, 0.5) is 0 Å². The van der Waals surface area contributed by atoms with Crippen LogP contribution in [0.25, 0.3) is 0 Å². The minimum atomic E-state index is -3.24. The maximum Gasteiger partial charge on any atom is 0.178 e. The Labute approximate surface area is 126 Å². The third-order valence-corrected chi connectivity index (χ3v) is 4.39. The topological polar surface area (TPSA) is 78.2 Å². The Kier molecular flexibility index (Phi) is 9.30. The lowest BCUT2D eigenvalue weighted by molar-refractivity contribution is 0.295. The van der Waals surface area contributed by atoms with Gasteiger partial charge < -0.3 is 5.11 Å². The number of aliphatic hydroxyl groups is 1. The van der Waals surface area contributed by atoms with E-state index in [1.807, 2.05) is 19.9 Å². The second kappa shape index (κ2) is 9.81. The van der Waals surface area contributed by atoms with Crippen molar-refractivity contribution in [3.63, 3.8) is 0 Å². The molecule has 0 aromatic heterocycles. The van der Waals surface area contributed by atoms with Crippen molar-refractivity contribution >= 4 is 22.5 Å². The van der Waals surface area contributed by atoms with Gasteiger partial charge in [0.25, 0.3) is 0 Å². The van der Waals surface area contributed by atoms with Crippen molar-refractivity contribution in [1.29, 1.82) is 5.26 Å². The standard InChI is InChI=1S/C11H13NO2S2.C3H8O/c1-9(15)6-7-16(13,14)11-4-2-10(8-12)3-5-11;1-2-3-4/h2-5,9,15H,6-7H2,1H3;4H,2-3H2,1H3. The van der Waals surface area contributed by atoms with Crippen LogP contribution in [0.15, 0.2) is 29.2 Å². The predicted octanol–water partition coefficient (Wildman–Crippen LogP) is 2.43. The average molecular weight is 315 g/mol. The van der Waals surface area contributed by atoms with Gasteiger partial charge in [0.15, 0.2) is 9.84 Å². The Hall–Kier alpha value is -1.03. The third-order valence-electron chi connectivity index (χ3n) is 2.37. The molecule has 0 saturated heterocycles. The number of hydrogen-bond donors (Lipinski definition) is 2. The van der Waals surface area contributed by atoms with Crippen molar-refractivity contribution in [2.75, 3.05) is 12.4 Å². The SMILES string of the molecule is CC(S)CCS(=O)(=O)c1ccc(C#N)cc1.CCCO. The first-order valence-electron chi connectivity index (χ1n) is 6.39. The van der Waals surface area contributed by atoms with Gasteiger partial charge in [-0.25, -0.2) is 8.42 Å². The summed E-state index contributed by atoms with van der Waals surface area (Å²) in [7, 11) is -3.24. The highest BCUT2D eigenvalue weighted by Crippen LogP contribution is 2.14. The zero-order valence-electron chi connectivity index (χ0n) is 11.8. The first-order valence-corrected chi connectivity index (χ1v) is 8.56. The molecule has 0 radical (unpaired) electrons. The van der Waals surface area contributed by atoms with Crippen LogP contribution in [-0.4, -0.2) is 31.1 Å². The molecule has 0 spiro atoms. The number of benzene rings is 1. The molecule has 1 N–H and O–H groups in total. The molecule has 0 aliphatic heterocycles. The van der Waals surface area contributed by atoms with Crippen molar-refractivity contribution in [2.24, 2.45) is 0 Å². The highest BCUT2D eigenvalue weighted by atomic mass is 32.2. The molecule has 0 fully saturated rings. The van der Waals surface area contributed by atoms with E-state index in [4.69, 9.17) is 10.4 Å². The molecule has 20 heavy (non-hydrogen) atoms. The van der Waals surface area contributed by atoms with E-state index in [-0.39, 0.29) is 15.9 Å². The quantitative estimate of drug-likeness (QED) is 0.818. The lowest BCUT2D eigenvalue weighted by atomic mass is 10.2. The lowest BCUT2D eigenvalue weighted by Gasteiger charge is -2.06. The molecule has 0 heterocycles. The van der Waals surface area contributed by atoms with Crippen molar-refractivity contribution in [3.05, 3.63) is 29.8 Å². The van der Waals surface area contributed by atoms with Crippen LogP contribution >= 0.6 is 12.6 Å². The summed E-state index contributed by atoms with van der Waals surface area (Å²) in [5.74, 6) is 0.0869. The number of nitrogens with zero attached hydrogens (tertiary/aromatic N) is 1. The van der Waals surface area contributed by atoms with Crippen LogP contribution in [0.1, 0.15) is 32.3 Å². The Morgan fingerprint density at radius 3 is 2.20 bits per heavy atom. The normalized spacial score (nSPS) is 11.9. The molecule has 4 nitrogen and oxygen atoms in total. The summed E-state index contributed by atoms with van der Waals surface area (Å²) in [6, 6.07) is 7.91. The fourth-order valence-corrected chi connectivity index (χ4v) is 2.93. The summed E-state index contributed by atoms with van der Waals surface area (Å²) < 4.78 is 23.6. The molecule has 0 amide bonds. The van der Waals surface area contributed by atoms with Gasteiger partial charge in [-0.15, -0.1) is 0 Å². The molecule has 0 bridgehead atoms. The second-order valence-corrected chi connectivity index (χ2v) is 7.31. The Morgan fingerprint density at radius 1 is 1.35 bits per heavy atom. The number of aliphatic hydroxyl groups excluding tert-OH is 1. The lowest BCUT2D eigenvalue weighted by Crippen LogP contribution is -2.10. The maximum atomic E-state index is 11.8. The number of hydrogen-bond acceptors (Lipinski definition) is 5. The van der Waals surface area contributed by atoms with E-state index >= 15 is 0 Å². The van der Waals surface area contributed by atoms with Crippen LogP contribution in [0.5, 0.6) is 0 Å². The van der Waals surface area contributed by atoms with E-state index in [0.29, 0.717) is 18.6 Å². The molecule has 0 aliphatic carbocycles. The van der Waals surface area contributed by atoms with Crippen LogP contribution < -0.4 is 0 Å². The molecular formula is C14H21NO3S2. The van der Waals surface area contributed by atoms with Crippen LogP contribution in [0.3, 0.4) is 0 Å². The van der Waals surface area contributed by atoms with Crippen molar-refractivity contribution < 1.29 is 13.5 Å². The summed E-state index contributed by atoms with van der Waals surface area (Å²) in [6.45, 7) is 4.11. The Bertz CT molecular complexity index is 514. The average Bonchev–Trinajstić information content (AvgIpc) is 2.45. The van der Waals surface area contributed by atoms with Crippen LogP contribution in [0.2, 0.25) is 0 Å². The zero-order valence-corrected chi connectivity index (χ0v) is 13.5. The van der Waals surface area contributed by atoms with Gasteiger partial charge >= 0.3 is 0 Å². The fraction of sp³-hybridized carbons (Fsp3) is 0.500. The zero-order chi connectivity index (χ0) is 15.6. The van der Waals surface area contributed by atoms with Gasteiger partial charge in [0.1, 0.15) is 0 Å². The first kappa shape index (κ1) is 19.0. The molecule has 1 aromatic carbocycles. The fourth-order valence-electron chi connectivity index (χ4n) is 1.18. The van der Waals surface area contributed by atoms with E-state index in [9.17, 15) is 8.42 Å². The summed E-state index contributed by atoms with van der Waals surface area (Å²) in [6.07, 6.45) is 1.39. The van der Waals surface area contributed by atoms with Gasteiger partial charge in [-0.2, -0.15) is 17.9 Å². The molecule has 1 unspecified atom stereocenters. The maximum absolute atomic E-state index is 11.8. The molecule has 0 saturated carbocycles. The van der Waals surface area contributed by atoms with Gasteiger partial charge in [-0.3, -0.25) is 0 Å². The number of thiol groups is 1. The molecule has 1 aromatic rings. The molecule has 1 atom stereocenters. The number of rotatable bonds is 5. The Balaban J connectivity index is 0.000000796. The number of sulfone groups is 1. The highest BCUT2D eigenvalue weighted by Gasteiger charge is 2.14. The molecular weight excluding hydrogens is 294 g/mol. The van der Waals surface area contributed by atoms with E-state index in [1.165, 1.54) is 24.3 Å². The minimum absolute atomic E-state index is 0.0631. The van der Waals surface area contributed by atoms with Crippen molar-refractivity contribution in [3.8, 4) is 6.07 Å². The molecule has 112 valence electrons. The Morgan fingerprint density at radius 2 is 1.85 bits per heavy atom.